The zero-order valence-electron chi connectivity index (χ0n) is 7.11. The second kappa shape index (κ2) is 3.97. The molecule has 0 spiro atoms. The lowest BCUT2D eigenvalue weighted by Crippen LogP contribution is -2.06. The summed E-state index contributed by atoms with van der Waals surface area (Å²) in [5.41, 5.74) is -2.16. The lowest BCUT2D eigenvalue weighted by molar-refractivity contribution is 0.424. The molecule has 0 aromatic heterocycles. The smallest absolute Gasteiger partial charge is 0.196 e. The van der Waals surface area contributed by atoms with Crippen LogP contribution in [0.25, 0.3) is 0 Å². The van der Waals surface area contributed by atoms with E-state index >= 15 is 0 Å². The number of hydrogen-bond donors (Lipinski definition) is 0. The highest BCUT2D eigenvalue weighted by Gasteiger charge is 2.24. The third-order valence-electron chi connectivity index (χ3n) is 1.72. The Labute approximate surface area is 82.0 Å². The zero-order chi connectivity index (χ0) is 11.6. The summed E-state index contributed by atoms with van der Waals surface area (Å²) in [7, 11) is 0. The van der Waals surface area contributed by atoms with Crippen molar-refractivity contribution in [3.8, 4) is 12.1 Å². The van der Waals surface area contributed by atoms with Crippen molar-refractivity contribution in [3.63, 3.8) is 0 Å². The predicted molar refractivity (Wildman–Crippen MR) is 40.3 cm³/mol. The SMILES string of the molecule is N#CCc1c(F)c(F)c(F)c(C#N)c1F. The van der Waals surface area contributed by atoms with E-state index in [0.717, 1.165) is 6.07 Å². The lowest BCUT2D eigenvalue weighted by Gasteiger charge is -2.04. The zero-order valence-corrected chi connectivity index (χ0v) is 7.11. The Morgan fingerprint density at radius 2 is 1.47 bits per heavy atom. The van der Waals surface area contributed by atoms with E-state index in [1.807, 2.05) is 0 Å². The van der Waals surface area contributed by atoms with Gasteiger partial charge < -0.3 is 0 Å². The van der Waals surface area contributed by atoms with Gasteiger partial charge >= 0.3 is 0 Å². The van der Waals surface area contributed by atoms with Crippen LogP contribution in [0.1, 0.15) is 11.1 Å². The van der Waals surface area contributed by atoms with Crippen molar-refractivity contribution in [1.82, 2.24) is 0 Å². The molecule has 0 atom stereocenters. The fraction of sp³-hybridized carbons (Fsp3) is 0.111. The van der Waals surface area contributed by atoms with Crippen LogP contribution in [0.4, 0.5) is 17.6 Å². The Hall–Kier alpha value is -2.08. The first-order valence-corrected chi connectivity index (χ1v) is 3.66. The molecule has 15 heavy (non-hydrogen) atoms. The highest BCUT2D eigenvalue weighted by Crippen LogP contribution is 2.23. The van der Waals surface area contributed by atoms with E-state index in [4.69, 9.17) is 10.5 Å². The minimum atomic E-state index is -1.95. The molecule has 0 radical (unpaired) electrons. The summed E-state index contributed by atoms with van der Waals surface area (Å²) in [5, 5.41) is 16.5. The Bertz CT molecular complexity index is 497. The van der Waals surface area contributed by atoms with Gasteiger partial charge in [0, 0.05) is 5.56 Å². The lowest BCUT2D eigenvalue weighted by atomic mass is 10.1. The van der Waals surface area contributed by atoms with Crippen molar-refractivity contribution in [2.75, 3.05) is 0 Å². The molecule has 0 saturated carbocycles. The Morgan fingerprint density at radius 1 is 0.867 bits per heavy atom. The summed E-state index contributed by atoms with van der Waals surface area (Å²) < 4.78 is 51.6. The first kappa shape index (κ1) is 11.0. The van der Waals surface area contributed by atoms with E-state index in [1.165, 1.54) is 6.07 Å². The molecule has 0 fully saturated rings. The molecule has 0 heterocycles. The number of benzene rings is 1. The summed E-state index contributed by atoms with van der Waals surface area (Å²) in [6, 6.07) is 2.45. The van der Waals surface area contributed by atoms with Crippen molar-refractivity contribution in [1.29, 1.82) is 10.5 Å². The molecular weight excluding hydrogens is 212 g/mol. The van der Waals surface area contributed by atoms with E-state index in [9.17, 15) is 17.6 Å². The van der Waals surface area contributed by atoms with Gasteiger partial charge in [0.05, 0.1) is 12.5 Å². The Balaban J connectivity index is 3.64. The minimum absolute atomic E-state index is 0.774. The molecular formula is C9H2F4N2. The normalized spacial score (nSPS) is 9.47. The van der Waals surface area contributed by atoms with E-state index < -0.39 is 40.8 Å². The molecule has 0 saturated heterocycles. The van der Waals surface area contributed by atoms with Crippen molar-refractivity contribution in [3.05, 3.63) is 34.4 Å². The molecule has 0 aliphatic heterocycles. The molecule has 76 valence electrons. The van der Waals surface area contributed by atoms with Gasteiger partial charge in [-0.2, -0.15) is 10.5 Å². The van der Waals surface area contributed by atoms with E-state index in [0.29, 0.717) is 0 Å². The van der Waals surface area contributed by atoms with Gasteiger partial charge in [0.1, 0.15) is 11.6 Å². The minimum Gasteiger partial charge on any atom is -0.205 e. The largest absolute Gasteiger partial charge is 0.205 e. The highest BCUT2D eigenvalue weighted by molar-refractivity contribution is 5.39. The average molecular weight is 214 g/mol. The summed E-state index contributed by atoms with van der Waals surface area (Å²) >= 11 is 0. The number of halogens is 4. The van der Waals surface area contributed by atoms with Crippen LogP contribution in [0.2, 0.25) is 0 Å². The second-order valence-corrected chi connectivity index (χ2v) is 2.56. The summed E-state index contributed by atoms with van der Waals surface area (Å²) in [4.78, 5) is 0. The Morgan fingerprint density at radius 3 is 1.93 bits per heavy atom. The molecule has 0 aliphatic carbocycles. The number of nitriles is 2. The second-order valence-electron chi connectivity index (χ2n) is 2.56. The van der Waals surface area contributed by atoms with Gasteiger partial charge in [0.15, 0.2) is 23.3 Å². The van der Waals surface area contributed by atoms with Crippen LogP contribution in [0.15, 0.2) is 0 Å². The predicted octanol–water partition coefficient (Wildman–Crippen LogP) is 2.18. The topological polar surface area (TPSA) is 47.6 Å². The van der Waals surface area contributed by atoms with Crippen LogP contribution in [0, 0.1) is 45.9 Å². The molecule has 0 bridgehead atoms. The first-order chi connectivity index (χ1) is 7.04. The van der Waals surface area contributed by atoms with Gasteiger partial charge in [-0.05, 0) is 0 Å². The standard InChI is InChI=1S/C9H2F4N2/c10-6-4(1-2-14)7(11)9(13)8(12)5(6)3-15/h1H2. The van der Waals surface area contributed by atoms with E-state index in [2.05, 4.69) is 0 Å². The van der Waals surface area contributed by atoms with Gasteiger partial charge in [-0.3, -0.25) is 0 Å². The van der Waals surface area contributed by atoms with Gasteiger partial charge in [-0.25, -0.2) is 17.6 Å². The van der Waals surface area contributed by atoms with Crippen LogP contribution < -0.4 is 0 Å². The van der Waals surface area contributed by atoms with Crippen LogP contribution in [-0.2, 0) is 6.42 Å². The molecule has 1 rings (SSSR count). The van der Waals surface area contributed by atoms with Crippen LogP contribution in [-0.4, -0.2) is 0 Å². The molecule has 0 amide bonds. The van der Waals surface area contributed by atoms with Crippen LogP contribution in [0.3, 0.4) is 0 Å². The van der Waals surface area contributed by atoms with Crippen LogP contribution in [0.5, 0.6) is 0 Å². The third kappa shape index (κ3) is 1.62. The fourth-order valence-corrected chi connectivity index (χ4v) is 1.01. The summed E-state index contributed by atoms with van der Waals surface area (Å²) in [5.74, 6) is -7.13. The first-order valence-electron chi connectivity index (χ1n) is 3.66. The van der Waals surface area contributed by atoms with Gasteiger partial charge in [-0.15, -0.1) is 0 Å². The quantitative estimate of drug-likeness (QED) is 0.408. The molecule has 0 aliphatic rings. The summed E-state index contributed by atoms with van der Waals surface area (Å²) in [6.45, 7) is 0. The summed E-state index contributed by atoms with van der Waals surface area (Å²) in [6.07, 6.45) is -0.774. The molecule has 0 N–H and O–H groups in total. The van der Waals surface area contributed by atoms with E-state index in [1.54, 1.807) is 0 Å². The van der Waals surface area contributed by atoms with Crippen molar-refractivity contribution < 1.29 is 17.6 Å². The number of nitrogens with zero attached hydrogens (tertiary/aromatic N) is 2. The maximum atomic E-state index is 13.1. The molecule has 2 nitrogen and oxygen atoms in total. The van der Waals surface area contributed by atoms with Crippen molar-refractivity contribution in [2.45, 2.75) is 6.42 Å². The Kier molecular flexibility index (Phi) is 2.91. The van der Waals surface area contributed by atoms with E-state index in [-0.39, 0.29) is 0 Å². The molecule has 1 aromatic rings. The van der Waals surface area contributed by atoms with Crippen molar-refractivity contribution in [2.24, 2.45) is 0 Å². The number of rotatable bonds is 1. The number of hydrogen-bond acceptors (Lipinski definition) is 2. The van der Waals surface area contributed by atoms with Crippen molar-refractivity contribution >= 4 is 0 Å². The van der Waals surface area contributed by atoms with Gasteiger partial charge in [0.2, 0.25) is 0 Å². The van der Waals surface area contributed by atoms with Gasteiger partial charge in [-0.1, -0.05) is 0 Å². The monoisotopic (exact) mass is 214 g/mol. The van der Waals surface area contributed by atoms with Gasteiger partial charge in [0.25, 0.3) is 0 Å². The molecule has 0 unspecified atom stereocenters. The maximum absolute atomic E-state index is 13.1. The molecule has 6 heteroatoms. The molecule has 1 aromatic carbocycles. The third-order valence-corrected chi connectivity index (χ3v) is 1.72. The van der Waals surface area contributed by atoms with Crippen LogP contribution >= 0.6 is 0 Å². The maximum Gasteiger partial charge on any atom is 0.196 e. The fourth-order valence-electron chi connectivity index (χ4n) is 1.01. The highest BCUT2D eigenvalue weighted by atomic mass is 19.2. The average Bonchev–Trinajstić information content (AvgIpc) is 2.22.